The summed E-state index contributed by atoms with van der Waals surface area (Å²) in [4.78, 5) is 11.6. The van der Waals surface area contributed by atoms with Crippen molar-refractivity contribution in [3.05, 3.63) is 23.8 Å². The predicted molar refractivity (Wildman–Crippen MR) is 68.0 cm³/mol. The smallest absolute Gasteiger partial charge is 0.340 e. The summed E-state index contributed by atoms with van der Waals surface area (Å²) < 4.78 is 4.75. The van der Waals surface area contributed by atoms with Crippen LogP contribution in [0.5, 0.6) is 0 Å². The van der Waals surface area contributed by atoms with E-state index in [9.17, 15) is 4.79 Å². The number of nitrogens with one attached hydrogen (secondary N) is 1. The van der Waals surface area contributed by atoms with E-state index in [0.29, 0.717) is 17.3 Å². The molecule has 0 bridgehead atoms. The molecule has 4 nitrogen and oxygen atoms in total. The molecule has 0 amide bonds. The normalized spacial score (nSPS) is 22.0. The van der Waals surface area contributed by atoms with Gasteiger partial charge < -0.3 is 15.8 Å². The number of anilines is 2. The Morgan fingerprint density at radius 3 is 2.94 bits per heavy atom. The summed E-state index contributed by atoms with van der Waals surface area (Å²) in [6.45, 7) is 2.18. The Balaban J connectivity index is 2.18. The molecule has 0 spiro atoms. The van der Waals surface area contributed by atoms with Gasteiger partial charge in [-0.2, -0.15) is 0 Å². The van der Waals surface area contributed by atoms with Crippen LogP contribution in [-0.2, 0) is 4.74 Å². The van der Waals surface area contributed by atoms with E-state index < -0.39 is 0 Å². The zero-order chi connectivity index (χ0) is 12.4. The van der Waals surface area contributed by atoms with Crippen LogP contribution in [0.15, 0.2) is 18.2 Å². The number of nitrogen functional groups attached to an aromatic ring is 1. The van der Waals surface area contributed by atoms with Crippen molar-refractivity contribution in [2.24, 2.45) is 5.92 Å². The van der Waals surface area contributed by atoms with Crippen molar-refractivity contribution in [3.63, 3.8) is 0 Å². The summed E-state index contributed by atoms with van der Waals surface area (Å²) in [5.41, 5.74) is 7.57. The molecule has 0 saturated heterocycles. The van der Waals surface area contributed by atoms with E-state index >= 15 is 0 Å². The monoisotopic (exact) mass is 234 g/mol. The maximum atomic E-state index is 11.6. The maximum absolute atomic E-state index is 11.6. The molecule has 1 aliphatic rings. The Labute approximate surface area is 101 Å². The molecule has 3 N–H and O–H groups in total. The molecular formula is C13H18N2O2. The van der Waals surface area contributed by atoms with Crippen molar-refractivity contribution in [1.82, 2.24) is 0 Å². The van der Waals surface area contributed by atoms with Gasteiger partial charge in [0.05, 0.1) is 12.7 Å². The van der Waals surface area contributed by atoms with Crippen LogP contribution >= 0.6 is 0 Å². The summed E-state index contributed by atoms with van der Waals surface area (Å²) in [6.07, 6.45) is 2.34. The van der Waals surface area contributed by atoms with E-state index in [2.05, 4.69) is 12.2 Å². The third-order valence-electron chi connectivity index (χ3n) is 3.24. The molecule has 1 fully saturated rings. The fourth-order valence-corrected chi connectivity index (χ4v) is 2.04. The number of hydrogen-bond donors (Lipinski definition) is 2. The van der Waals surface area contributed by atoms with Crippen LogP contribution in [0.1, 0.15) is 30.1 Å². The highest BCUT2D eigenvalue weighted by atomic mass is 16.5. The number of carbonyl (C=O) groups excluding carboxylic acids is 1. The summed E-state index contributed by atoms with van der Waals surface area (Å²) in [6, 6.07) is 5.76. The lowest BCUT2D eigenvalue weighted by molar-refractivity contribution is 0.0602. The Morgan fingerprint density at radius 2 is 2.35 bits per heavy atom. The van der Waals surface area contributed by atoms with Crippen LogP contribution in [-0.4, -0.2) is 19.1 Å². The minimum absolute atomic E-state index is 0.353. The molecule has 92 valence electrons. The molecule has 1 aromatic carbocycles. The van der Waals surface area contributed by atoms with Crippen molar-refractivity contribution in [1.29, 1.82) is 0 Å². The molecule has 0 radical (unpaired) electrons. The SMILES string of the molecule is CCC1CC1Nc1ccc(N)cc1C(=O)OC. The first-order valence-corrected chi connectivity index (χ1v) is 5.90. The lowest BCUT2D eigenvalue weighted by Crippen LogP contribution is -2.11. The fraction of sp³-hybridized carbons (Fsp3) is 0.462. The highest BCUT2D eigenvalue weighted by Crippen LogP contribution is 2.37. The van der Waals surface area contributed by atoms with Crippen molar-refractivity contribution in [2.75, 3.05) is 18.2 Å². The first-order chi connectivity index (χ1) is 8.15. The van der Waals surface area contributed by atoms with E-state index in [-0.39, 0.29) is 5.97 Å². The van der Waals surface area contributed by atoms with Crippen molar-refractivity contribution in [2.45, 2.75) is 25.8 Å². The average Bonchev–Trinajstić information content (AvgIpc) is 3.09. The van der Waals surface area contributed by atoms with Gasteiger partial charge in [0.15, 0.2) is 0 Å². The van der Waals surface area contributed by atoms with Crippen LogP contribution in [0, 0.1) is 5.92 Å². The second-order valence-electron chi connectivity index (χ2n) is 4.45. The molecule has 17 heavy (non-hydrogen) atoms. The number of benzene rings is 1. The van der Waals surface area contributed by atoms with E-state index in [0.717, 1.165) is 11.6 Å². The molecule has 0 aliphatic heterocycles. The van der Waals surface area contributed by atoms with Gasteiger partial charge in [-0.15, -0.1) is 0 Å². The lowest BCUT2D eigenvalue weighted by atomic mass is 10.1. The molecule has 0 aromatic heterocycles. The molecule has 1 saturated carbocycles. The van der Waals surface area contributed by atoms with Crippen LogP contribution in [0.25, 0.3) is 0 Å². The Bertz CT molecular complexity index is 431. The van der Waals surface area contributed by atoms with Crippen molar-refractivity contribution < 1.29 is 9.53 Å². The molecule has 2 unspecified atom stereocenters. The number of nitrogens with two attached hydrogens (primary N) is 1. The number of ether oxygens (including phenoxy) is 1. The second kappa shape index (κ2) is 4.65. The van der Waals surface area contributed by atoms with Gasteiger partial charge in [0.2, 0.25) is 0 Å². The fourth-order valence-electron chi connectivity index (χ4n) is 2.04. The molecular weight excluding hydrogens is 216 g/mol. The van der Waals surface area contributed by atoms with Gasteiger partial charge in [-0.1, -0.05) is 13.3 Å². The Hall–Kier alpha value is -1.71. The largest absolute Gasteiger partial charge is 0.465 e. The zero-order valence-electron chi connectivity index (χ0n) is 10.2. The van der Waals surface area contributed by atoms with E-state index in [1.54, 1.807) is 12.1 Å². The molecule has 0 heterocycles. The molecule has 2 rings (SSSR count). The quantitative estimate of drug-likeness (QED) is 0.619. The van der Waals surface area contributed by atoms with Gasteiger partial charge in [0.25, 0.3) is 0 Å². The van der Waals surface area contributed by atoms with E-state index in [1.165, 1.54) is 20.0 Å². The highest BCUT2D eigenvalue weighted by molar-refractivity contribution is 5.96. The highest BCUT2D eigenvalue weighted by Gasteiger charge is 2.35. The first kappa shape index (κ1) is 11.8. The maximum Gasteiger partial charge on any atom is 0.340 e. The molecule has 1 aliphatic carbocycles. The number of methoxy groups -OCH3 is 1. The molecule has 2 atom stereocenters. The minimum Gasteiger partial charge on any atom is -0.465 e. The van der Waals surface area contributed by atoms with Gasteiger partial charge >= 0.3 is 5.97 Å². The predicted octanol–water partition coefficient (Wildman–Crippen LogP) is 2.27. The third-order valence-corrected chi connectivity index (χ3v) is 3.24. The number of hydrogen-bond acceptors (Lipinski definition) is 4. The second-order valence-corrected chi connectivity index (χ2v) is 4.45. The third kappa shape index (κ3) is 2.52. The van der Waals surface area contributed by atoms with Gasteiger partial charge in [-0.05, 0) is 30.5 Å². The van der Waals surface area contributed by atoms with E-state index in [4.69, 9.17) is 10.5 Å². The standard InChI is InChI=1S/C13H18N2O2/c1-3-8-6-12(8)15-11-5-4-9(14)7-10(11)13(16)17-2/h4-5,7-8,12,15H,3,6,14H2,1-2H3. The van der Waals surface area contributed by atoms with Gasteiger partial charge in [0, 0.05) is 17.4 Å². The topological polar surface area (TPSA) is 64.3 Å². The summed E-state index contributed by atoms with van der Waals surface area (Å²) in [5, 5.41) is 3.37. The van der Waals surface area contributed by atoms with Gasteiger partial charge in [-0.3, -0.25) is 0 Å². The van der Waals surface area contributed by atoms with Crippen molar-refractivity contribution in [3.8, 4) is 0 Å². The summed E-state index contributed by atoms with van der Waals surface area (Å²) >= 11 is 0. The van der Waals surface area contributed by atoms with Crippen LogP contribution in [0.2, 0.25) is 0 Å². The number of esters is 1. The van der Waals surface area contributed by atoms with Gasteiger partial charge in [0.1, 0.15) is 0 Å². The summed E-state index contributed by atoms with van der Waals surface area (Å²) in [5.74, 6) is 0.367. The Kier molecular flexibility index (Phi) is 3.22. The zero-order valence-corrected chi connectivity index (χ0v) is 10.2. The van der Waals surface area contributed by atoms with Crippen molar-refractivity contribution >= 4 is 17.3 Å². The minimum atomic E-state index is -0.353. The summed E-state index contributed by atoms with van der Waals surface area (Å²) in [7, 11) is 1.38. The molecule has 1 aromatic rings. The number of carbonyl (C=O) groups is 1. The van der Waals surface area contributed by atoms with Crippen LogP contribution in [0.3, 0.4) is 0 Å². The average molecular weight is 234 g/mol. The number of rotatable bonds is 4. The lowest BCUT2D eigenvalue weighted by Gasteiger charge is -2.11. The first-order valence-electron chi connectivity index (χ1n) is 5.90. The van der Waals surface area contributed by atoms with Gasteiger partial charge in [-0.25, -0.2) is 4.79 Å². The molecule has 4 heteroatoms. The van der Waals surface area contributed by atoms with E-state index in [1.807, 2.05) is 6.07 Å². The Morgan fingerprint density at radius 1 is 1.59 bits per heavy atom. The van der Waals surface area contributed by atoms with Crippen LogP contribution in [0.4, 0.5) is 11.4 Å². The van der Waals surface area contributed by atoms with Crippen LogP contribution < -0.4 is 11.1 Å².